The highest BCUT2D eigenvalue weighted by atomic mass is 16.3. The van der Waals surface area contributed by atoms with E-state index in [1.165, 1.54) is 0 Å². The van der Waals surface area contributed by atoms with Crippen molar-refractivity contribution in [1.82, 2.24) is 19.8 Å². The minimum absolute atomic E-state index is 0.0528. The molecule has 0 radical (unpaired) electrons. The normalized spacial score (nSPS) is 15.6. The molecule has 1 aromatic carbocycles. The molecule has 0 N–H and O–H groups in total. The van der Waals surface area contributed by atoms with Gasteiger partial charge in [0.05, 0.1) is 5.56 Å². The van der Waals surface area contributed by atoms with E-state index in [1.807, 2.05) is 29.2 Å². The largest absolute Gasteiger partial charge is 0.436 e. The van der Waals surface area contributed by atoms with Gasteiger partial charge < -0.3 is 14.2 Å². The number of hydrogen-bond donors (Lipinski definition) is 0. The van der Waals surface area contributed by atoms with E-state index in [9.17, 15) is 4.79 Å². The van der Waals surface area contributed by atoms with Crippen LogP contribution in [0.2, 0.25) is 0 Å². The number of aromatic nitrogens is 2. The topological polar surface area (TPSA) is 62.5 Å². The van der Waals surface area contributed by atoms with Crippen LogP contribution in [0, 0.1) is 0 Å². The van der Waals surface area contributed by atoms with Gasteiger partial charge in [-0.25, -0.2) is 4.98 Å². The molecule has 0 aliphatic carbocycles. The molecule has 1 fully saturated rings. The molecule has 0 unspecified atom stereocenters. The highest BCUT2D eigenvalue weighted by molar-refractivity contribution is 5.97. The molecular weight excluding hydrogens is 316 g/mol. The van der Waals surface area contributed by atoms with E-state index in [4.69, 9.17) is 4.42 Å². The van der Waals surface area contributed by atoms with Crippen molar-refractivity contribution in [2.24, 2.45) is 0 Å². The maximum Gasteiger partial charge on any atom is 0.254 e. The Bertz CT molecular complexity index is 883. The number of likely N-dealkylation sites (N-methyl/N-ethyl adjacent to an activating group) is 1. The second-order valence-corrected chi connectivity index (χ2v) is 6.17. The van der Waals surface area contributed by atoms with Gasteiger partial charge in [0.25, 0.3) is 5.91 Å². The Morgan fingerprint density at radius 1 is 1.20 bits per heavy atom. The summed E-state index contributed by atoms with van der Waals surface area (Å²) < 4.78 is 5.84. The standard InChI is InChI=1S/C19H20N4O2/c1-2-22-8-10-23(11-9-22)19(24)14-5-6-16-17(12-14)25-18(21-16)15-4-3-7-20-13-15/h3-7,12-13H,2,8-11H2,1H3. The summed E-state index contributed by atoms with van der Waals surface area (Å²) in [6, 6.07) is 9.20. The molecule has 0 atom stereocenters. The molecular formula is C19H20N4O2. The third-order valence-corrected chi connectivity index (χ3v) is 4.65. The number of carbonyl (C=O) groups is 1. The fourth-order valence-corrected chi connectivity index (χ4v) is 3.12. The van der Waals surface area contributed by atoms with Crippen LogP contribution in [0.25, 0.3) is 22.6 Å². The van der Waals surface area contributed by atoms with Crippen molar-refractivity contribution in [2.45, 2.75) is 6.92 Å². The highest BCUT2D eigenvalue weighted by Crippen LogP contribution is 2.24. The average Bonchev–Trinajstić information content (AvgIpc) is 3.11. The maximum atomic E-state index is 12.8. The number of rotatable bonds is 3. The molecule has 3 heterocycles. The molecule has 1 amide bonds. The second-order valence-electron chi connectivity index (χ2n) is 6.17. The van der Waals surface area contributed by atoms with Crippen molar-refractivity contribution in [2.75, 3.05) is 32.7 Å². The van der Waals surface area contributed by atoms with Gasteiger partial charge in [-0.2, -0.15) is 0 Å². The van der Waals surface area contributed by atoms with E-state index in [0.717, 1.165) is 43.8 Å². The Labute approximate surface area is 146 Å². The van der Waals surface area contributed by atoms with E-state index < -0.39 is 0 Å². The minimum atomic E-state index is 0.0528. The summed E-state index contributed by atoms with van der Waals surface area (Å²) in [5.41, 5.74) is 2.83. The molecule has 1 saturated heterocycles. The molecule has 128 valence electrons. The van der Waals surface area contributed by atoms with Crippen LogP contribution >= 0.6 is 0 Å². The quantitative estimate of drug-likeness (QED) is 0.736. The van der Waals surface area contributed by atoms with Crippen LogP contribution in [0.4, 0.5) is 0 Å². The Morgan fingerprint density at radius 3 is 2.76 bits per heavy atom. The lowest BCUT2D eigenvalue weighted by molar-refractivity contribution is 0.0643. The number of hydrogen-bond acceptors (Lipinski definition) is 5. The van der Waals surface area contributed by atoms with Crippen LogP contribution < -0.4 is 0 Å². The van der Waals surface area contributed by atoms with E-state index in [-0.39, 0.29) is 5.91 Å². The minimum Gasteiger partial charge on any atom is -0.436 e. The van der Waals surface area contributed by atoms with Gasteiger partial charge in [0.15, 0.2) is 5.58 Å². The number of benzene rings is 1. The number of oxazole rings is 1. The van der Waals surface area contributed by atoms with Crippen LogP contribution in [-0.2, 0) is 0 Å². The van der Waals surface area contributed by atoms with E-state index in [1.54, 1.807) is 18.5 Å². The molecule has 1 aliphatic rings. The first-order chi connectivity index (χ1) is 12.2. The van der Waals surface area contributed by atoms with Crippen molar-refractivity contribution in [3.05, 3.63) is 48.3 Å². The van der Waals surface area contributed by atoms with Gasteiger partial charge in [-0.15, -0.1) is 0 Å². The molecule has 3 aromatic rings. The van der Waals surface area contributed by atoms with Gasteiger partial charge in [-0.1, -0.05) is 6.92 Å². The van der Waals surface area contributed by atoms with Gasteiger partial charge in [-0.05, 0) is 36.9 Å². The predicted molar refractivity (Wildman–Crippen MR) is 95.3 cm³/mol. The van der Waals surface area contributed by atoms with Crippen LogP contribution in [0.15, 0.2) is 47.1 Å². The number of fused-ring (bicyclic) bond motifs is 1. The molecule has 0 spiro atoms. The fraction of sp³-hybridized carbons (Fsp3) is 0.316. The summed E-state index contributed by atoms with van der Waals surface area (Å²) in [5, 5.41) is 0. The Kier molecular flexibility index (Phi) is 4.19. The monoisotopic (exact) mass is 336 g/mol. The number of piperazine rings is 1. The second kappa shape index (κ2) is 6.64. The smallest absolute Gasteiger partial charge is 0.254 e. The first-order valence-corrected chi connectivity index (χ1v) is 8.57. The number of nitrogens with zero attached hydrogens (tertiary/aromatic N) is 4. The molecule has 0 bridgehead atoms. The third kappa shape index (κ3) is 3.13. The van der Waals surface area contributed by atoms with Gasteiger partial charge in [0.1, 0.15) is 5.52 Å². The number of amides is 1. The molecule has 2 aromatic heterocycles. The van der Waals surface area contributed by atoms with Crippen LogP contribution in [-0.4, -0.2) is 58.4 Å². The van der Waals surface area contributed by atoms with E-state index >= 15 is 0 Å². The van der Waals surface area contributed by atoms with E-state index in [2.05, 4.69) is 21.8 Å². The average molecular weight is 336 g/mol. The molecule has 25 heavy (non-hydrogen) atoms. The molecule has 0 saturated carbocycles. The first kappa shape index (κ1) is 15.8. The molecule has 1 aliphatic heterocycles. The van der Waals surface area contributed by atoms with Crippen LogP contribution in [0.3, 0.4) is 0 Å². The van der Waals surface area contributed by atoms with Crippen molar-refractivity contribution >= 4 is 17.0 Å². The summed E-state index contributed by atoms with van der Waals surface area (Å²) in [4.78, 5) is 25.6. The Morgan fingerprint density at radius 2 is 2.04 bits per heavy atom. The highest BCUT2D eigenvalue weighted by Gasteiger charge is 2.22. The zero-order valence-corrected chi connectivity index (χ0v) is 14.2. The van der Waals surface area contributed by atoms with Crippen molar-refractivity contribution in [3.63, 3.8) is 0 Å². The van der Waals surface area contributed by atoms with Gasteiger partial charge in [-0.3, -0.25) is 9.78 Å². The Hall–Kier alpha value is -2.73. The predicted octanol–water partition coefficient (Wildman–Crippen LogP) is 2.67. The summed E-state index contributed by atoms with van der Waals surface area (Å²) in [6.45, 7) is 6.57. The van der Waals surface area contributed by atoms with Crippen molar-refractivity contribution in [3.8, 4) is 11.5 Å². The molecule has 6 heteroatoms. The number of carbonyl (C=O) groups excluding carboxylic acids is 1. The van der Waals surface area contributed by atoms with Gasteiger partial charge in [0, 0.05) is 44.1 Å². The maximum absolute atomic E-state index is 12.8. The van der Waals surface area contributed by atoms with E-state index in [0.29, 0.717) is 17.0 Å². The zero-order chi connectivity index (χ0) is 17.2. The third-order valence-electron chi connectivity index (χ3n) is 4.65. The zero-order valence-electron chi connectivity index (χ0n) is 14.2. The van der Waals surface area contributed by atoms with Crippen molar-refractivity contribution < 1.29 is 9.21 Å². The Balaban J connectivity index is 1.58. The van der Waals surface area contributed by atoms with Crippen LogP contribution in [0.5, 0.6) is 0 Å². The lowest BCUT2D eigenvalue weighted by Gasteiger charge is -2.34. The van der Waals surface area contributed by atoms with Gasteiger partial charge >= 0.3 is 0 Å². The summed E-state index contributed by atoms with van der Waals surface area (Å²) >= 11 is 0. The SMILES string of the molecule is CCN1CCN(C(=O)c2ccc3nc(-c4cccnc4)oc3c2)CC1. The summed E-state index contributed by atoms with van der Waals surface area (Å²) in [7, 11) is 0. The summed E-state index contributed by atoms with van der Waals surface area (Å²) in [6.07, 6.45) is 3.42. The van der Waals surface area contributed by atoms with Crippen molar-refractivity contribution in [1.29, 1.82) is 0 Å². The first-order valence-electron chi connectivity index (χ1n) is 8.57. The van der Waals surface area contributed by atoms with Gasteiger partial charge in [0.2, 0.25) is 5.89 Å². The lowest BCUT2D eigenvalue weighted by atomic mass is 10.1. The summed E-state index contributed by atoms with van der Waals surface area (Å²) in [5.74, 6) is 0.571. The number of pyridine rings is 1. The lowest BCUT2D eigenvalue weighted by Crippen LogP contribution is -2.48. The molecule has 4 rings (SSSR count). The molecule has 6 nitrogen and oxygen atoms in total. The van der Waals surface area contributed by atoms with Crippen LogP contribution in [0.1, 0.15) is 17.3 Å². The fourth-order valence-electron chi connectivity index (χ4n) is 3.12.